The fourth-order valence-corrected chi connectivity index (χ4v) is 3.73. The lowest BCUT2D eigenvalue weighted by atomic mass is 9.97. The van der Waals surface area contributed by atoms with Crippen molar-refractivity contribution in [1.29, 1.82) is 0 Å². The molecule has 1 fully saturated rings. The molecule has 1 atom stereocenters. The Bertz CT molecular complexity index is 842. The fourth-order valence-electron chi connectivity index (χ4n) is 3.73. The van der Waals surface area contributed by atoms with Crippen molar-refractivity contribution in [2.24, 2.45) is 0 Å². The number of fused-ring (bicyclic) bond motifs is 1. The number of amides is 2. The highest BCUT2D eigenvalue weighted by atomic mass is 16.5. The maximum Gasteiger partial charge on any atom is 0.308 e. The van der Waals surface area contributed by atoms with E-state index in [1.807, 2.05) is 12.1 Å². The number of nitrogens with zero attached hydrogens (tertiary/aromatic N) is 2. The third-order valence-corrected chi connectivity index (χ3v) is 5.29. The summed E-state index contributed by atoms with van der Waals surface area (Å²) < 4.78 is 4.86. The van der Waals surface area contributed by atoms with Crippen LogP contribution in [-0.2, 0) is 20.7 Å². The number of piperazine rings is 1. The largest absolute Gasteiger partial charge is 0.466 e. The minimum Gasteiger partial charge on any atom is -0.466 e. The molecule has 3 rings (SSSR count). The van der Waals surface area contributed by atoms with Crippen molar-refractivity contribution in [1.82, 2.24) is 15.5 Å². The molecule has 2 heterocycles. The lowest BCUT2D eigenvalue weighted by molar-refractivity contribution is -0.143. The maximum absolute atomic E-state index is 13.0. The molecule has 0 bridgehead atoms. The number of ether oxygens (including phenoxy) is 1. The molecular weight excluding hydrogens is 384 g/mol. The van der Waals surface area contributed by atoms with Gasteiger partial charge in [-0.3, -0.25) is 14.4 Å². The zero-order valence-electron chi connectivity index (χ0n) is 17.3. The van der Waals surface area contributed by atoms with Gasteiger partial charge in [0.05, 0.1) is 19.6 Å². The number of hydrogen-bond donors (Lipinski definition) is 2. The summed E-state index contributed by atoms with van der Waals surface area (Å²) in [5.74, 6) is 1.36. The number of anilines is 1. The van der Waals surface area contributed by atoms with E-state index in [1.165, 1.54) is 4.90 Å². The molecule has 8 heteroatoms. The molecule has 1 saturated heterocycles. The van der Waals surface area contributed by atoms with Crippen LogP contribution >= 0.6 is 0 Å². The number of esters is 1. The van der Waals surface area contributed by atoms with E-state index in [0.717, 1.165) is 37.4 Å². The Morgan fingerprint density at radius 2 is 2.07 bits per heavy atom. The van der Waals surface area contributed by atoms with E-state index in [9.17, 15) is 14.4 Å². The predicted octanol–water partition coefficient (Wildman–Crippen LogP) is 0.166. The van der Waals surface area contributed by atoms with Gasteiger partial charge in [0, 0.05) is 44.0 Å². The van der Waals surface area contributed by atoms with Gasteiger partial charge in [-0.05, 0) is 31.0 Å². The topological polar surface area (TPSA) is 91.0 Å². The lowest BCUT2D eigenvalue weighted by Gasteiger charge is -2.32. The van der Waals surface area contributed by atoms with Crippen molar-refractivity contribution in [2.45, 2.75) is 25.8 Å². The van der Waals surface area contributed by atoms with Crippen LogP contribution in [0.25, 0.3) is 0 Å². The molecule has 0 spiro atoms. The molecule has 0 aromatic heterocycles. The molecule has 1 aromatic carbocycles. The first-order chi connectivity index (χ1) is 14.5. The van der Waals surface area contributed by atoms with Crippen LogP contribution in [0.3, 0.4) is 0 Å². The van der Waals surface area contributed by atoms with E-state index in [4.69, 9.17) is 11.2 Å². The lowest BCUT2D eigenvalue weighted by Crippen LogP contribution is -2.47. The number of terminal acetylenes is 1. The second-order valence-electron chi connectivity index (χ2n) is 7.35. The molecule has 2 aliphatic heterocycles. The third kappa shape index (κ3) is 5.30. The van der Waals surface area contributed by atoms with Crippen molar-refractivity contribution in [3.63, 3.8) is 0 Å². The average Bonchev–Trinajstić information content (AvgIpc) is 2.76. The van der Waals surface area contributed by atoms with E-state index >= 15 is 0 Å². The van der Waals surface area contributed by atoms with Gasteiger partial charge in [-0.15, -0.1) is 6.42 Å². The predicted molar refractivity (Wildman–Crippen MR) is 113 cm³/mol. The summed E-state index contributed by atoms with van der Waals surface area (Å²) in [6.45, 7) is 5.94. The van der Waals surface area contributed by atoms with Gasteiger partial charge in [0.1, 0.15) is 6.04 Å². The second kappa shape index (κ2) is 10.1. The number of nitrogens with one attached hydrogen (secondary N) is 2. The van der Waals surface area contributed by atoms with Crippen LogP contribution in [0.1, 0.15) is 29.3 Å². The molecule has 0 radical (unpaired) electrons. The molecule has 0 saturated carbocycles. The summed E-state index contributed by atoms with van der Waals surface area (Å²) >= 11 is 0. The minimum absolute atomic E-state index is 0.0963. The Kier molecular flexibility index (Phi) is 7.31. The average molecular weight is 412 g/mol. The van der Waals surface area contributed by atoms with Crippen molar-refractivity contribution in [3.05, 3.63) is 29.3 Å². The van der Waals surface area contributed by atoms with Gasteiger partial charge in [-0.2, -0.15) is 0 Å². The minimum atomic E-state index is -0.761. The summed E-state index contributed by atoms with van der Waals surface area (Å²) in [7, 11) is 0. The number of carbonyl (C=O) groups excluding carboxylic acids is 3. The molecule has 2 aliphatic rings. The van der Waals surface area contributed by atoms with Crippen LogP contribution in [-0.4, -0.2) is 74.6 Å². The van der Waals surface area contributed by atoms with Crippen LogP contribution in [0.2, 0.25) is 0 Å². The van der Waals surface area contributed by atoms with Gasteiger partial charge >= 0.3 is 5.97 Å². The zero-order chi connectivity index (χ0) is 21.5. The van der Waals surface area contributed by atoms with Crippen LogP contribution < -0.4 is 15.5 Å². The smallest absolute Gasteiger partial charge is 0.308 e. The number of hydrogen-bond acceptors (Lipinski definition) is 6. The Labute approximate surface area is 176 Å². The Morgan fingerprint density at radius 1 is 1.30 bits per heavy atom. The molecule has 160 valence electrons. The first-order valence-corrected chi connectivity index (χ1v) is 10.3. The highest BCUT2D eigenvalue weighted by molar-refractivity contribution is 5.99. The van der Waals surface area contributed by atoms with Crippen LogP contribution in [0.5, 0.6) is 0 Å². The Hall–Kier alpha value is -3.05. The molecule has 1 aromatic rings. The van der Waals surface area contributed by atoms with Gasteiger partial charge in [0.25, 0.3) is 5.91 Å². The van der Waals surface area contributed by atoms with Gasteiger partial charge in [0.2, 0.25) is 5.91 Å². The van der Waals surface area contributed by atoms with Gasteiger partial charge in [-0.25, -0.2) is 0 Å². The highest BCUT2D eigenvalue weighted by Crippen LogP contribution is 2.25. The summed E-state index contributed by atoms with van der Waals surface area (Å²) in [5.41, 5.74) is 2.67. The van der Waals surface area contributed by atoms with E-state index in [0.29, 0.717) is 18.5 Å². The number of rotatable bonds is 7. The van der Waals surface area contributed by atoms with Crippen molar-refractivity contribution >= 4 is 23.5 Å². The Balaban J connectivity index is 1.62. The quantitative estimate of drug-likeness (QED) is 0.490. The first-order valence-electron chi connectivity index (χ1n) is 10.3. The number of benzene rings is 1. The molecule has 2 amide bonds. The Morgan fingerprint density at radius 3 is 2.77 bits per heavy atom. The van der Waals surface area contributed by atoms with Crippen LogP contribution in [0, 0.1) is 12.3 Å². The summed E-state index contributed by atoms with van der Waals surface area (Å²) in [5, 5.41) is 5.94. The molecule has 0 unspecified atom stereocenters. The molecule has 2 N–H and O–H groups in total. The number of carbonyl (C=O) groups is 3. The van der Waals surface area contributed by atoms with Crippen molar-refractivity contribution in [3.8, 4) is 12.3 Å². The van der Waals surface area contributed by atoms with Crippen molar-refractivity contribution in [2.75, 3.05) is 50.8 Å². The van der Waals surface area contributed by atoms with Gasteiger partial charge in [-0.1, -0.05) is 12.0 Å². The van der Waals surface area contributed by atoms with Crippen LogP contribution in [0.4, 0.5) is 5.69 Å². The summed E-state index contributed by atoms with van der Waals surface area (Å²) in [6, 6.07) is 5.24. The molecule has 30 heavy (non-hydrogen) atoms. The van der Waals surface area contributed by atoms with E-state index in [1.54, 1.807) is 6.92 Å². The molecular formula is C22H28N4O4. The van der Waals surface area contributed by atoms with Crippen molar-refractivity contribution < 1.29 is 19.1 Å². The van der Waals surface area contributed by atoms with E-state index in [2.05, 4.69) is 27.5 Å². The second-order valence-corrected chi connectivity index (χ2v) is 7.35. The highest BCUT2D eigenvalue weighted by Gasteiger charge is 2.27. The molecule has 8 nitrogen and oxygen atoms in total. The summed E-state index contributed by atoms with van der Waals surface area (Å²) in [4.78, 5) is 40.8. The van der Waals surface area contributed by atoms with Gasteiger partial charge < -0.3 is 25.2 Å². The molecule has 0 aliphatic carbocycles. The monoisotopic (exact) mass is 412 g/mol. The van der Waals surface area contributed by atoms with E-state index < -0.39 is 17.9 Å². The maximum atomic E-state index is 13.0. The normalized spacial score (nSPS) is 17.0. The van der Waals surface area contributed by atoms with Crippen LogP contribution in [0.15, 0.2) is 18.2 Å². The summed E-state index contributed by atoms with van der Waals surface area (Å²) in [6.07, 6.45) is 6.01. The zero-order valence-corrected chi connectivity index (χ0v) is 17.3. The van der Waals surface area contributed by atoms with E-state index in [-0.39, 0.29) is 25.5 Å². The first kappa shape index (κ1) is 21.7. The SMILES string of the molecule is C#C[C@H](CC(=O)OCC)NC(=O)CN1CCc2ccc(N3CCNCC3)cc2C1=O. The third-order valence-electron chi connectivity index (χ3n) is 5.29. The van der Waals surface area contributed by atoms with Gasteiger partial charge in [0.15, 0.2) is 0 Å². The standard InChI is InChI=1S/C22H28N4O4/c1-3-17(13-21(28)30-4-2)24-20(27)15-26-10-7-16-5-6-18(14-19(16)22(26)29)25-11-8-23-9-12-25/h1,5-6,14,17,23H,4,7-13,15H2,2H3,(H,24,27)/t17-/m1/s1. The fraction of sp³-hybridized carbons (Fsp3) is 0.500.